The highest BCUT2D eigenvalue weighted by Crippen LogP contribution is 2.32. The molecule has 1 saturated carbocycles. The Balaban J connectivity index is 1.36. The topological polar surface area (TPSA) is 122 Å². The molecule has 0 radical (unpaired) electrons. The smallest absolute Gasteiger partial charge is 0.329 e. The summed E-state index contributed by atoms with van der Waals surface area (Å²) in [7, 11) is 0. The first-order chi connectivity index (χ1) is 14.1. The van der Waals surface area contributed by atoms with Gasteiger partial charge in [0.15, 0.2) is 0 Å². The number of aromatic amines is 1. The normalized spacial score (nSPS) is 17.6. The van der Waals surface area contributed by atoms with Crippen molar-refractivity contribution in [3.05, 3.63) is 51.1 Å². The van der Waals surface area contributed by atoms with Crippen molar-refractivity contribution >= 4 is 28.5 Å². The van der Waals surface area contributed by atoms with Gasteiger partial charge in [-0.15, -0.1) is 0 Å². The third-order valence-corrected chi connectivity index (χ3v) is 5.61. The molecule has 5 rings (SSSR count). The van der Waals surface area contributed by atoms with E-state index in [0.29, 0.717) is 19.0 Å². The molecule has 1 aliphatic heterocycles. The van der Waals surface area contributed by atoms with E-state index in [4.69, 9.17) is 0 Å². The van der Waals surface area contributed by atoms with Gasteiger partial charge in [-0.1, -0.05) is 12.1 Å². The predicted molar refractivity (Wildman–Crippen MR) is 108 cm³/mol. The van der Waals surface area contributed by atoms with Crippen molar-refractivity contribution < 1.29 is 4.92 Å². The number of hydrogen-bond acceptors (Lipinski definition) is 7. The monoisotopic (exact) mass is 395 g/mol. The highest BCUT2D eigenvalue weighted by molar-refractivity contribution is 5.75. The van der Waals surface area contributed by atoms with Crippen molar-refractivity contribution in [2.24, 2.45) is 0 Å². The summed E-state index contributed by atoms with van der Waals surface area (Å²) in [5, 5.41) is 14.4. The number of aromatic nitrogens is 4. The van der Waals surface area contributed by atoms with E-state index in [9.17, 15) is 14.9 Å². The van der Waals surface area contributed by atoms with Gasteiger partial charge in [0, 0.05) is 25.2 Å². The second-order valence-corrected chi connectivity index (χ2v) is 7.62. The lowest BCUT2D eigenvalue weighted by Crippen LogP contribution is -2.38. The maximum absolute atomic E-state index is 12.4. The van der Waals surface area contributed by atoms with Crippen LogP contribution in [0.4, 0.5) is 17.5 Å². The Hall–Kier alpha value is -3.43. The summed E-state index contributed by atoms with van der Waals surface area (Å²) in [6.07, 6.45) is 4.83. The van der Waals surface area contributed by atoms with Gasteiger partial charge in [0.1, 0.15) is 6.20 Å². The van der Waals surface area contributed by atoms with Crippen molar-refractivity contribution in [2.75, 3.05) is 23.3 Å². The second kappa shape index (κ2) is 6.87. The van der Waals surface area contributed by atoms with Crippen molar-refractivity contribution in [1.29, 1.82) is 0 Å². The second-order valence-electron chi connectivity index (χ2n) is 7.62. The molecule has 29 heavy (non-hydrogen) atoms. The minimum Gasteiger partial charge on any atom is -0.361 e. The zero-order valence-corrected chi connectivity index (χ0v) is 15.7. The van der Waals surface area contributed by atoms with Crippen LogP contribution in [0.3, 0.4) is 0 Å². The lowest BCUT2D eigenvalue weighted by atomic mass is 10.0. The molecule has 10 heteroatoms. The number of hydrogen-bond donors (Lipinski definition) is 2. The summed E-state index contributed by atoms with van der Waals surface area (Å²) in [5.41, 5.74) is 1.57. The first-order valence-electron chi connectivity index (χ1n) is 9.82. The SMILES string of the molecule is O=c1[nH]c2ccccc2n1C1CCN(c2ncc([N+](=O)[O-])c(NC3CC3)n2)CC1. The predicted octanol–water partition coefficient (Wildman–Crippen LogP) is 2.44. The largest absolute Gasteiger partial charge is 0.361 e. The van der Waals surface area contributed by atoms with Crippen LogP contribution in [0.1, 0.15) is 31.7 Å². The van der Waals surface area contributed by atoms with Crippen molar-refractivity contribution in [1.82, 2.24) is 19.5 Å². The molecule has 0 spiro atoms. The fourth-order valence-corrected chi connectivity index (χ4v) is 3.94. The average Bonchev–Trinajstić information content (AvgIpc) is 3.47. The quantitative estimate of drug-likeness (QED) is 0.502. The van der Waals surface area contributed by atoms with Gasteiger partial charge in [0.25, 0.3) is 0 Å². The van der Waals surface area contributed by atoms with E-state index in [1.165, 1.54) is 6.20 Å². The van der Waals surface area contributed by atoms with Crippen LogP contribution in [0.15, 0.2) is 35.3 Å². The van der Waals surface area contributed by atoms with Gasteiger partial charge < -0.3 is 15.2 Å². The van der Waals surface area contributed by atoms with E-state index in [0.717, 1.165) is 36.7 Å². The van der Waals surface area contributed by atoms with E-state index in [2.05, 4.69) is 20.3 Å². The summed E-state index contributed by atoms with van der Waals surface area (Å²) < 4.78 is 1.84. The number of rotatable bonds is 5. The maximum Gasteiger partial charge on any atom is 0.329 e. The van der Waals surface area contributed by atoms with Crippen LogP contribution in [0.5, 0.6) is 0 Å². The summed E-state index contributed by atoms with van der Waals surface area (Å²) >= 11 is 0. The Morgan fingerprint density at radius 1 is 1.17 bits per heavy atom. The molecule has 3 aromatic rings. The molecule has 2 fully saturated rings. The molecule has 1 aromatic carbocycles. The number of nitrogens with one attached hydrogen (secondary N) is 2. The van der Waals surface area contributed by atoms with E-state index < -0.39 is 4.92 Å². The first-order valence-corrected chi connectivity index (χ1v) is 9.82. The highest BCUT2D eigenvalue weighted by Gasteiger charge is 2.29. The van der Waals surface area contributed by atoms with Gasteiger partial charge >= 0.3 is 11.4 Å². The number of imidazole rings is 1. The number of piperidine rings is 1. The van der Waals surface area contributed by atoms with Gasteiger partial charge in [0.05, 0.1) is 16.0 Å². The van der Waals surface area contributed by atoms with Gasteiger partial charge in [-0.2, -0.15) is 4.98 Å². The number of benzene rings is 1. The van der Waals surface area contributed by atoms with E-state index in [1.807, 2.05) is 33.7 Å². The zero-order chi connectivity index (χ0) is 20.0. The lowest BCUT2D eigenvalue weighted by Gasteiger charge is -2.32. The molecule has 0 bridgehead atoms. The summed E-state index contributed by atoms with van der Waals surface area (Å²) in [6, 6.07) is 8.05. The standard InChI is InChI=1S/C19H21N7O3/c27-19-22-14-3-1-2-4-15(14)25(19)13-7-9-24(10-8-13)18-20-11-16(26(28)29)17(23-18)21-12-5-6-12/h1-4,11-13H,5-10H2,(H,22,27)(H,20,21,23). The molecule has 0 atom stereocenters. The summed E-state index contributed by atoms with van der Waals surface area (Å²) in [6.45, 7) is 1.36. The summed E-state index contributed by atoms with van der Waals surface area (Å²) in [4.78, 5) is 36.9. The Kier molecular flexibility index (Phi) is 4.18. The van der Waals surface area contributed by atoms with E-state index in [-0.39, 0.29) is 29.3 Å². The maximum atomic E-state index is 12.4. The van der Waals surface area contributed by atoms with Crippen LogP contribution in [0.25, 0.3) is 11.0 Å². The first kappa shape index (κ1) is 17.7. The number of nitro groups is 1. The van der Waals surface area contributed by atoms with Crippen LogP contribution in [0, 0.1) is 10.1 Å². The molecule has 150 valence electrons. The third kappa shape index (κ3) is 3.30. The number of anilines is 2. The van der Waals surface area contributed by atoms with Gasteiger partial charge in [0.2, 0.25) is 11.8 Å². The summed E-state index contributed by atoms with van der Waals surface area (Å²) in [5.74, 6) is 0.779. The van der Waals surface area contributed by atoms with Crippen LogP contribution in [-0.2, 0) is 0 Å². The minimum atomic E-state index is -0.454. The fraction of sp³-hybridized carbons (Fsp3) is 0.421. The molecule has 0 amide bonds. The molecular formula is C19H21N7O3. The number of para-hydroxylation sites is 2. The van der Waals surface area contributed by atoms with E-state index >= 15 is 0 Å². The number of nitrogens with zero attached hydrogens (tertiary/aromatic N) is 5. The van der Waals surface area contributed by atoms with Gasteiger partial charge in [-0.3, -0.25) is 14.7 Å². The van der Waals surface area contributed by atoms with Crippen LogP contribution >= 0.6 is 0 Å². The Morgan fingerprint density at radius 2 is 1.93 bits per heavy atom. The third-order valence-electron chi connectivity index (χ3n) is 5.61. The number of fused-ring (bicyclic) bond motifs is 1. The van der Waals surface area contributed by atoms with Crippen LogP contribution < -0.4 is 15.9 Å². The highest BCUT2D eigenvalue weighted by atomic mass is 16.6. The van der Waals surface area contributed by atoms with Crippen LogP contribution in [0.2, 0.25) is 0 Å². The molecule has 2 aromatic heterocycles. The van der Waals surface area contributed by atoms with Crippen molar-refractivity contribution in [2.45, 2.75) is 37.8 Å². The van der Waals surface area contributed by atoms with Gasteiger partial charge in [-0.25, -0.2) is 9.78 Å². The fourth-order valence-electron chi connectivity index (χ4n) is 3.94. The van der Waals surface area contributed by atoms with Crippen molar-refractivity contribution in [3.8, 4) is 0 Å². The molecule has 1 saturated heterocycles. The zero-order valence-electron chi connectivity index (χ0n) is 15.7. The van der Waals surface area contributed by atoms with Gasteiger partial charge in [-0.05, 0) is 37.8 Å². The van der Waals surface area contributed by atoms with Crippen LogP contribution in [-0.4, -0.2) is 43.6 Å². The Labute approximate surface area is 165 Å². The molecule has 2 N–H and O–H groups in total. The number of H-pyrrole nitrogens is 1. The molecule has 10 nitrogen and oxygen atoms in total. The average molecular weight is 395 g/mol. The molecule has 3 heterocycles. The van der Waals surface area contributed by atoms with Crippen molar-refractivity contribution in [3.63, 3.8) is 0 Å². The Morgan fingerprint density at radius 3 is 2.66 bits per heavy atom. The molecule has 0 unspecified atom stereocenters. The molecule has 2 aliphatic rings. The Bertz CT molecular complexity index is 1130. The molecular weight excluding hydrogens is 374 g/mol. The minimum absolute atomic E-state index is 0.0906. The lowest BCUT2D eigenvalue weighted by molar-refractivity contribution is -0.384. The van der Waals surface area contributed by atoms with E-state index in [1.54, 1.807) is 0 Å². The molecule has 1 aliphatic carbocycles.